The number of aryl methyl sites for hydroxylation is 1. The Morgan fingerprint density at radius 1 is 0.958 bits per heavy atom. The standard InChI is InChI=1S/C19H24N4O/c24-19-18-9-5-4-6-16(18)14-20-23(19)15-21-10-12-22(13-11-21)17-7-2-1-3-8-17/h1-3,7-8,14H,4-6,9-13,15H2. The molecule has 2 heterocycles. The lowest BCUT2D eigenvalue weighted by molar-refractivity contribution is 0.190. The predicted octanol–water partition coefficient (Wildman–Crippen LogP) is 1.90. The zero-order valence-corrected chi connectivity index (χ0v) is 14.0. The summed E-state index contributed by atoms with van der Waals surface area (Å²) in [6.45, 7) is 4.50. The zero-order valence-electron chi connectivity index (χ0n) is 14.0. The van der Waals surface area contributed by atoms with Crippen LogP contribution < -0.4 is 10.5 Å². The molecule has 0 atom stereocenters. The van der Waals surface area contributed by atoms with E-state index >= 15 is 0 Å². The van der Waals surface area contributed by atoms with Crippen LogP contribution in [0.25, 0.3) is 0 Å². The van der Waals surface area contributed by atoms with Gasteiger partial charge in [-0.25, -0.2) is 4.68 Å². The van der Waals surface area contributed by atoms with Gasteiger partial charge in [-0.3, -0.25) is 9.69 Å². The summed E-state index contributed by atoms with van der Waals surface area (Å²) < 4.78 is 1.66. The first-order valence-electron chi connectivity index (χ1n) is 8.91. The molecule has 1 fully saturated rings. The minimum atomic E-state index is 0.123. The van der Waals surface area contributed by atoms with Crippen LogP contribution >= 0.6 is 0 Å². The monoisotopic (exact) mass is 324 g/mol. The van der Waals surface area contributed by atoms with Crippen molar-refractivity contribution in [1.82, 2.24) is 14.7 Å². The molecule has 0 unspecified atom stereocenters. The first-order valence-corrected chi connectivity index (χ1v) is 8.91. The molecular formula is C19H24N4O. The molecule has 5 heteroatoms. The van der Waals surface area contributed by atoms with Gasteiger partial charge in [-0.05, 0) is 43.4 Å². The van der Waals surface area contributed by atoms with Crippen molar-refractivity contribution in [2.75, 3.05) is 31.1 Å². The number of piperazine rings is 1. The molecule has 0 bridgehead atoms. The highest BCUT2D eigenvalue weighted by atomic mass is 16.1. The minimum absolute atomic E-state index is 0.123. The van der Waals surface area contributed by atoms with Gasteiger partial charge in [-0.15, -0.1) is 0 Å². The summed E-state index contributed by atoms with van der Waals surface area (Å²) in [5.41, 5.74) is 3.56. The fourth-order valence-electron chi connectivity index (χ4n) is 3.74. The summed E-state index contributed by atoms with van der Waals surface area (Å²) in [5.74, 6) is 0. The maximum Gasteiger partial charge on any atom is 0.271 e. The summed E-state index contributed by atoms with van der Waals surface area (Å²) in [6.07, 6.45) is 6.14. The van der Waals surface area contributed by atoms with Gasteiger partial charge in [0.1, 0.15) is 0 Å². The lowest BCUT2D eigenvalue weighted by atomic mass is 9.94. The summed E-state index contributed by atoms with van der Waals surface area (Å²) in [5, 5.41) is 4.41. The van der Waals surface area contributed by atoms with Crippen molar-refractivity contribution in [3.63, 3.8) is 0 Å². The van der Waals surface area contributed by atoms with Gasteiger partial charge in [-0.2, -0.15) is 5.10 Å². The highest BCUT2D eigenvalue weighted by Gasteiger charge is 2.20. The second kappa shape index (κ2) is 6.77. The molecule has 1 aliphatic carbocycles. The van der Waals surface area contributed by atoms with Gasteiger partial charge in [-0.1, -0.05) is 18.2 Å². The number of anilines is 1. The topological polar surface area (TPSA) is 41.4 Å². The lowest BCUT2D eigenvalue weighted by Gasteiger charge is -2.36. The van der Waals surface area contributed by atoms with Crippen LogP contribution in [0.15, 0.2) is 41.3 Å². The summed E-state index contributed by atoms with van der Waals surface area (Å²) in [4.78, 5) is 17.4. The van der Waals surface area contributed by atoms with Gasteiger partial charge < -0.3 is 4.90 Å². The van der Waals surface area contributed by atoms with Crippen molar-refractivity contribution in [3.8, 4) is 0 Å². The van der Waals surface area contributed by atoms with Crippen molar-refractivity contribution in [3.05, 3.63) is 58.0 Å². The van der Waals surface area contributed by atoms with Crippen LogP contribution in [-0.4, -0.2) is 40.9 Å². The van der Waals surface area contributed by atoms with Crippen LogP contribution in [0.2, 0.25) is 0 Å². The lowest BCUT2D eigenvalue weighted by Crippen LogP contribution is -2.48. The van der Waals surface area contributed by atoms with E-state index in [0.717, 1.165) is 56.6 Å². The smallest absolute Gasteiger partial charge is 0.271 e. The van der Waals surface area contributed by atoms with Crippen LogP contribution in [0.1, 0.15) is 24.0 Å². The van der Waals surface area contributed by atoms with Crippen molar-refractivity contribution >= 4 is 5.69 Å². The van der Waals surface area contributed by atoms with E-state index in [2.05, 4.69) is 39.2 Å². The average molecular weight is 324 g/mol. The Morgan fingerprint density at radius 3 is 2.50 bits per heavy atom. The summed E-state index contributed by atoms with van der Waals surface area (Å²) >= 11 is 0. The van der Waals surface area contributed by atoms with Crippen LogP contribution in [0, 0.1) is 0 Å². The van der Waals surface area contributed by atoms with Gasteiger partial charge in [0.25, 0.3) is 5.56 Å². The molecular weight excluding hydrogens is 300 g/mol. The molecule has 1 aromatic carbocycles. The number of hydrogen-bond donors (Lipinski definition) is 0. The average Bonchev–Trinajstić information content (AvgIpc) is 2.66. The molecule has 2 aromatic rings. The first kappa shape index (κ1) is 15.4. The Morgan fingerprint density at radius 2 is 1.71 bits per heavy atom. The minimum Gasteiger partial charge on any atom is -0.369 e. The molecule has 0 radical (unpaired) electrons. The fourth-order valence-corrected chi connectivity index (χ4v) is 3.74. The third-order valence-corrected chi connectivity index (χ3v) is 5.18. The van der Waals surface area contributed by atoms with Gasteiger partial charge in [0.05, 0.1) is 12.9 Å². The first-order chi connectivity index (χ1) is 11.8. The Hall–Kier alpha value is -2.14. The molecule has 0 saturated carbocycles. The van der Waals surface area contributed by atoms with Crippen molar-refractivity contribution < 1.29 is 0 Å². The SMILES string of the molecule is O=c1c2c(cnn1CN1CCN(c3ccccc3)CC1)CCCC2. The number of nitrogens with zero attached hydrogens (tertiary/aromatic N) is 4. The van der Waals surface area contributed by atoms with Crippen molar-refractivity contribution in [1.29, 1.82) is 0 Å². The van der Waals surface area contributed by atoms with E-state index in [1.807, 2.05) is 12.3 Å². The molecule has 1 aromatic heterocycles. The number of hydrogen-bond acceptors (Lipinski definition) is 4. The highest BCUT2D eigenvalue weighted by molar-refractivity contribution is 5.46. The molecule has 5 nitrogen and oxygen atoms in total. The summed E-state index contributed by atoms with van der Waals surface area (Å²) in [7, 11) is 0. The van der Waals surface area contributed by atoms with E-state index in [0.29, 0.717) is 6.67 Å². The largest absolute Gasteiger partial charge is 0.369 e. The van der Waals surface area contributed by atoms with E-state index in [1.165, 1.54) is 12.1 Å². The summed E-state index contributed by atoms with van der Waals surface area (Å²) in [6, 6.07) is 10.5. The van der Waals surface area contributed by atoms with Crippen LogP contribution in [-0.2, 0) is 19.5 Å². The van der Waals surface area contributed by atoms with E-state index in [-0.39, 0.29) is 5.56 Å². The molecule has 1 saturated heterocycles. The number of fused-ring (bicyclic) bond motifs is 1. The van der Waals surface area contributed by atoms with Crippen LogP contribution in [0.5, 0.6) is 0 Å². The molecule has 24 heavy (non-hydrogen) atoms. The number of aromatic nitrogens is 2. The number of benzene rings is 1. The Balaban J connectivity index is 1.42. The molecule has 2 aliphatic rings. The molecule has 0 amide bonds. The molecule has 4 rings (SSSR count). The van der Waals surface area contributed by atoms with Gasteiger partial charge >= 0.3 is 0 Å². The Kier molecular flexibility index (Phi) is 4.34. The molecule has 0 spiro atoms. The Labute approximate surface area is 142 Å². The van der Waals surface area contributed by atoms with Gasteiger partial charge in [0.2, 0.25) is 0 Å². The third-order valence-electron chi connectivity index (χ3n) is 5.18. The maximum atomic E-state index is 12.6. The highest BCUT2D eigenvalue weighted by Crippen LogP contribution is 2.17. The van der Waals surface area contributed by atoms with Crippen LogP contribution in [0.4, 0.5) is 5.69 Å². The maximum absolute atomic E-state index is 12.6. The molecule has 0 N–H and O–H groups in total. The second-order valence-electron chi connectivity index (χ2n) is 6.74. The Bertz CT molecular complexity index is 748. The normalized spacial score (nSPS) is 18.4. The third kappa shape index (κ3) is 3.08. The molecule has 1 aliphatic heterocycles. The quantitative estimate of drug-likeness (QED) is 0.865. The second-order valence-corrected chi connectivity index (χ2v) is 6.74. The fraction of sp³-hybridized carbons (Fsp3) is 0.474. The van der Waals surface area contributed by atoms with Gasteiger partial charge in [0, 0.05) is 37.4 Å². The van der Waals surface area contributed by atoms with Crippen molar-refractivity contribution in [2.24, 2.45) is 0 Å². The predicted molar refractivity (Wildman–Crippen MR) is 95.4 cm³/mol. The number of rotatable bonds is 3. The van der Waals surface area contributed by atoms with Gasteiger partial charge in [0.15, 0.2) is 0 Å². The van der Waals surface area contributed by atoms with Crippen molar-refractivity contribution in [2.45, 2.75) is 32.4 Å². The van der Waals surface area contributed by atoms with E-state index < -0.39 is 0 Å². The van der Waals surface area contributed by atoms with E-state index in [4.69, 9.17) is 0 Å². The van der Waals surface area contributed by atoms with E-state index in [1.54, 1.807) is 4.68 Å². The zero-order chi connectivity index (χ0) is 16.4. The molecule has 126 valence electrons. The van der Waals surface area contributed by atoms with E-state index in [9.17, 15) is 4.79 Å². The number of para-hydroxylation sites is 1. The van der Waals surface area contributed by atoms with Crippen LogP contribution in [0.3, 0.4) is 0 Å².